The Morgan fingerprint density at radius 2 is 2.00 bits per heavy atom. The third-order valence-corrected chi connectivity index (χ3v) is 5.99. The maximum absolute atomic E-state index is 13.1. The second-order valence-electron chi connectivity index (χ2n) is 7.45. The van der Waals surface area contributed by atoms with E-state index in [0.717, 1.165) is 63.5 Å². The maximum atomic E-state index is 13.1. The molecule has 25 heavy (non-hydrogen) atoms. The molecule has 1 aromatic carbocycles. The smallest absolute Gasteiger partial charge is 0.229 e. The number of benzene rings is 1. The molecule has 1 amide bonds. The summed E-state index contributed by atoms with van der Waals surface area (Å²) in [5.41, 5.74) is 1.16. The Labute approximate surface area is 149 Å². The van der Waals surface area contributed by atoms with E-state index in [1.165, 1.54) is 0 Å². The lowest BCUT2D eigenvalue weighted by Crippen LogP contribution is -2.48. The largest absolute Gasteiger partial charge is 0.492 e. The summed E-state index contributed by atoms with van der Waals surface area (Å²) in [6.45, 7) is 8.09. The van der Waals surface area contributed by atoms with Crippen molar-refractivity contribution in [1.82, 2.24) is 9.80 Å². The van der Waals surface area contributed by atoms with Crippen LogP contribution in [0.5, 0.6) is 5.75 Å². The molecule has 2 fully saturated rings. The molecule has 0 radical (unpaired) electrons. The number of nitrogens with zero attached hydrogens (tertiary/aromatic N) is 2. The molecule has 4 rings (SSSR count). The van der Waals surface area contributed by atoms with Gasteiger partial charge in [0.25, 0.3) is 0 Å². The van der Waals surface area contributed by atoms with Crippen molar-refractivity contribution in [2.24, 2.45) is 11.8 Å². The van der Waals surface area contributed by atoms with Gasteiger partial charge in [0.15, 0.2) is 0 Å². The molecule has 0 unspecified atom stereocenters. The molecule has 2 saturated heterocycles. The fraction of sp³-hybridized carbons (Fsp3) is 0.650. The number of morpholine rings is 1. The van der Waals surface area contributed by atoms with Crippen LogP contribution in [0.1, 0.15) is 18.9 Å². The van der Waals surface area contributed by atoms with E-state index in [9.17, 15) is 4.79 Å². The van der Waals surface area contributed by atoms with Gasteiger partial charge in [0, 0.05) is 32.2 Å². The van der Waals surface area contributed by atoms with Crippen LogP contribution in [0.25, 0.3) is 0 Å². The summed E-state index contributed by atoms with van der Waals surface area (Å²) in [6, 6.07) is 8.55. The summed E-state index contributed by atoms with van der Waals surface area (Å²) in [4.78, 5) is 17.7. The summed E-state index contributed by atoms with van der Waals surface area (Å²) in [6.07, 6.45) is 1.92. The van der Waals surface area contributed by atoms with Crippen LogP contribution in [0.4, 0.5) is 0 Å². The van der Waals surface area contributed by atoms with Gasteiger partial charge in [0.1, 0.15) is 12.4 Å². The van der Waals surface area contributed by atoms with Crippen molar-refractivity contribution < 1.29 is 14.3 Å². The van der Waals surface area contributed by atoms with E-state index >= 15 is 0 Å². The van der Waals surface area contributed by atoms with Crippen molar-refractivity contribution in [3.05, 3.63) is 29.8 Å². The second kappa shape index (κ2) is 7.34. The SMILES string of the molecule is CC[C@@H]1CN(C(=O)[C@H]2COc3ccccc3C2)C[C@@H]1N1CCOCC1. The highest BCUT2D eigenvalue weighted by Crippen LogP contribution is 2.31. The minimum absolute atomic E-state index is 0.0455. The van der Waals surface area contributed by atoms with Gasteiger partial charge >= 0.3 is 0 Å². The first kappa shape index (κ1) is 16.9. The minimum atomic E-state index is -0.0455. The Balaban J connectivity index is 1.42. The molecule has 5 nitrogen and oxygen atoms in total. The Morgan fingerprint density at radius 1 is 1.20 bits per heavy atom. The molecule has 3 aliphatic rings. The molecule has 0 spiro atoms. The van der Waals surface area contributed by atoms with E-state index in [1.54, 1.807) is 0 Å². The van der Waals surface area contributed by atoms with Crippen LogP contribution in [-0.4, -0.2) is 67.7 Å². The zero-order valence-electron chi connectivity index (χ0n) is 15.0. The van der Waals surface area contributed by atoms with Crippen LogP contribution in [-0.2, 0) is 16.0 Å². The number of hydrogen-bond donors (Lipinski definition) is 0. The van der Waals surface area contributed by atoms with Gasteiger partial charge in [0.05, 0.1) is 19.1 Å². The number of fused-ring (bicyclic) bond motifs is 1. The van der Waals surface area contributed by atoms with Gasteiger partial charge < -0.3 is 14.4 Å². The Hall–Kier alpha value is -1.59. The van der Waals surface area contributed by atoms with Crippen molar-refractivity contribution in [3.8, 4) is 5.75 Å². The number of carbonyl (C=O) groups excluding carboxylic acids is 1. The highest BCUT2D eigenvalue weighted by Gasteiger charge is 2.40. The van der Waals surface area contributed by atoms with Crippen molar-refractivity contribution in [1.29, 1.82) is 0 Å². The van der Waals surface area contributed by atoms with Crippen LogP contribution in [0.15, 0.2) is 24.3 Å². The van der Waals surface area contributed by atoms with Crippen molar-refractivity contribution in [2.45, 2.75) is 25.8 Å². The van der Waals surface area contributed by atoms with Gasteiger partial charge in [-0.3, -0.25) is 9.69 Å². The quantitative estimate of drug-likeness (QED) is 0.839. The Morgan fingerprint density at radius 3 is 2.80 bits per heavy atom. The van der Waals surface area contributed by atoms with E-state index in [2.05, 4.69) is 22.8 Å². The molecule has 3 heterocycles. The monoisotopic (exact) mass is 344 g/mol. The first-order valence-electron chi connectivity index (χ1n) is 9.57. The van der Waals surface area contributed by atoms with Gasteiger partial charge in [-0.25, -0.2) is 0 Å². The van der Waals surface area contributed by atoms with E-state index in [-0.39, 0.29) is 11.8 Å². The molecule has 0 saturated carbocycles. The molecule has 0 bridgehead atoms. The molecule has 0 aromatic heterocycles. The van der Waals surface area contributed by atoms with E-state index in [1.807, 2.05) is 18.2 Å². The van der Waals surface area contributed by atoms with Crippen LogP contribution < -0.4 is 4.74 Å². The van der Waals surface area contributed by atoms with Gasteiger partial charge in [0.2, 0.25) is 5.91 Å². The van der Waals surface area contributed by atoms with E-state index in [4.69, 9.17) is 9.47 Å². The lowest BCUT2D eigenvalue weighted by Gasteiger charge is -2.34. The van der Waals surface area contributed by atoms with Gasteiger partial charge in [-0.2, -0.15) is 0 Å². The summed E-state index contributed by atoms with van der Waals surface area (Å²) in [7, 11) is 0. The number of likely N-dealkylation sites (tertiary alicyclic amines) is 1. The van der Waals surface area contributed by atoms with Crippen LogP contribution in [0, 0.1) is 11.8 Å². The average Bonchev–Trinajstić information content (AvgIpc) is 3.12. The van der Waals surface area contributed by atoms with Crippen molar-refractivity contribution in [3.63, 3.8) is 0 Å². The fourth-order valence-corrected chi connectivity index (χ4v) is 4.50. The number of hydrogen-bond acceptors (Lipinski definition) is 4. The van der Waals surface area contributed by atoms with Crippen LogP contribution in [0.3, 0.4) is 0 Å². The number of carbonyl (C=O) groups is 1. The van der Waals surface area contributed by atoms with Crippen LogP contribution in [0.2, 0.25) is 0 Å². The highest BCUT2D eigenvalue weighted by atomic mass is 16.5. The maximum Gasteiger partial charge on any atom is 0.229 e. The predicted octanol–water partition coefficient (Wildman–Crippen LogP) is 1.81. The Kier molecular flexibility index (Phi) is 4.95. The zero-order chi connectivity index (χ0) is 17.2. The summed E-state index contributed by atoms with van der Waals surface area (Å²) in [5, 5.41) is 0. The molecule has 0 aliphatic carbocycles. The number of amides is 1. The summed E-state index contributed by atoms with van der Waals surface area (Å²) >= 11 is 0. The van der Waals surface area contributed by atoms with Crippen LogP contribution >= 0.6 is 0 Å². The molecule has 3 atom stereocenters. The molecule has 3 aliphatic heterocycles. The standard InChI is InChI=1S/C20H28N2O3/c1-2-15-12-22(13-18(15)21-7-9-24-10-8-21)20(23)17-11-16-5-3-4-6-19(16)25-14-17/h3-6,15,17-18H,2,7-14H2,1H3/t15-,17-,18+/m1/s1. The Bertz CT molecular complexity index is 615. The lowest BCUT2D eigenvalue weighted by atomic mass is 9.95. The first-order valence-corrected chi connectivity index (χ1v) is 9.57. The highest BCUT2D eigenvalue weighted by molar-refractivity contribution is 5.80. The van der Waals surface area contributed by atoms with E-state index in [0.29, 0.717) is 18.6 Å². The topological polar surface area (TPSA) is 42.0 Å². The summed E-state index contributed by atoms with van der Waals surface area (Å²) in [5.74, 6) is 1.73. The lowest BCUT2D eigenvalue weighted by molar-refractivity contribution is -0.136. The minimum Gasteiger partial charge on any atom is -0.492 e. The molecule has 1 aromatic rings. The number of para-hydroxylation sites is 1. The van der Waals surface area contributed by atoms with Gasteiger partial charge in [-0.1, -0.05) is 31.5 Å². The third kappa shape index (κ3) is 3.40. The normalized spacial score (nSPS) is 30.0. The van der Waals surface area contributed by atoms with Gasteiger partial charge in [-0.05, 0) is 24.0 Å². The van der Waals surface area contributed by atoms with Crippen molar-refractivity contribution in [2.75, 3.05) is 46.0 Å². The van der Waals surface area contributed by atoms with Gasteiger partial charge in [-0.15, -0.1) is 0 Å². The number of rotatable bonds is 3. The molecule has 0 N–H and O–H groups in total. The predicted molar refractivity (Wildman–Crippen MR) is 95.7 cm³/mol. The molecular formula is C20H28N2O3. The summed E-state index contributed by atoms with van der Waals surface area (Å²) < 4.78 is 11.3. The second-order valence-corrected chi connectivity index (χ2v) is 7.45. The molecule has 136 valence electrons. The molecule has 5 heteroatoms. The average molecular weight is 344 g/mol. The fourth-order valence-electron chi connectivity index (χ4n) is 4.50. The zero-order valence-corrected chi connectivity index (χ0v) is 15.0. The molecular weight excluding hydrogens is 316 g/mol. The number of ether oxygens (including phenoxy) is 2. The first-order chi connectivity index (χ1) is 12.3. The van der Waals surface area contributed by atoms with E-state index < -0.39 is 0 Å². The third-order valence-electron chi connectivity index (χ3n) is 5.99. The van der Waals surface area contributed by atoms with Crippen molar-refractivity contribution >= 4 is 5.91 Å².